The van der Waals surface area contributed by atoms with Crippen molar-refractivity contribution >= 4 is 11.8 Å². The van der Waals surface area contributed by atoms with Crippen molar-refractivity contribution in [2.75, 3.05) is 6.61 Å². The molecule has 4 fully saturated rings. The summed E-state index contributed by atoms with van der Waals surface area (Å²) in [7, 11) is 0. The van der Waals surface area contributed by atoms with Gasteiger partial charge in [0.15, 0.2) is 0 Å². The van der Waals surface area contributed by atoms with Crippen molar-refractivity contribution in [3.05, 3.63) is 0 Å². The summed E-state index contributed by atoms with van der Waals surface area (Å²) in [6, 6.07) is 0. The lowest BCUT2D eigenvalue weighted by Crippen LogP contribution is -2.62. The Kier molecular flexibility index (Phi) is 4.12. The average molecular weight is 363 g/mol. The Morgan fingerprint density at radius 3 is 2.58 bits per heavy atom. The zero-order valence-corrected chi connectivity index (χ0v) is 16.7. The van der Waals surface area contributed by atoms with Gasteiger partial charge in [-0.25, -0.2) is 0 Å². The lowest BCUT2D eigenvalue weighted by Gasteiger charge is -2.64. The maximum absolute atomic E-state index is 13.3. The van der Waals surface area contributed by atoms with Crippen molar-refractivity contribution in [3.8, 4) is 0 Å². The fourth-order valence-corrected chi connectivity index (χ4v) is 8.12. The summed E-state index contributed by atoms with van der Waals surface area (Å²) in [6.07, 6.45) is 6.68. The molecule has 4 saturated carbocycles. The standard InChI is InChI=1S/C22H34O4/c1-13-15-6-7-17-21(4)10-5-9-20(3,12-26-14(2)23)16(21)8-11-22(17,18(13)24)19(15)25/h13,15-17,19,25H,5-12H2,1-4H3/t13-,15+,16?,17?,19-,20-,21-,22-/m1/s1. The molecule has 0 saturated heterocycles. The zero-order chi connectivity index (χ0) is 18.9. The minimum absolute atomic E-state index is 0.00571. The molecule has 4 nitrogen and oxygen atoms in total. The van der Waals surface area contributed by atoms with Crippen LogP contribution >= 0.6 is 0 Å². The molecule has 0 heterocycles. The molecule has 0 aromatic carbocycles. The normalized spacial score (nSPS) is 53.0. The van der Waals surface area contributed by atoms with Gasteiger partial charge in [-0.3, -0.25) is 9.59 Å². The number of aliphatic hydroxyl groups excluding tert-OH is 1. The first kappa shape index (κ1) is 18.5. The van der Waals surface area contributed by atoms with Gasteiger partial charge in [-0.1, -0.05) is 27.2 Å². The molecule has 4 aliphatic carbocycles. The van der Waals surface area contributed by atoms with Crippen molar-refractivity contribution in [2.45, 2.75) is 78.7 Å². The van der Waals surface area contributed by atoms with Crippen LogP contribution in [0.2, 0.25) is 0 Å². The van der Waals surface area contributed by atoms with Gasteiger partial charge in [-0.2, -0.15) is 0 Å². The van der Waals surface area contributed by atoms with E-state index in [4.69, 9.17) is 4.74 Å². The van der Waals surface area contributed by atoms with Crippen LogP contribution in [0.1, 0.15) is 72.6 Å². The van der Waals surface area contributed by atoms with Crippen molar-refractivity contribution in [1.29, 1.82) is 0 Å². The molecule has 8 atom stereocenters. The summed E-state index contributed by atoms with van der Waals surface area (Å²) in [5.41, 5.74) is -0.473. The van der Waals surface area contributed by atoms with E-state index in [1.165, 1.54) is 6.92 Å². The molecule has 2 bridgehead atoms. The number of hydrogen-bond donors (Lipinski definition) is 1. The third-order valence-electron chi connectivity index (χ3n) is 9.21. The highest BCUT2D eigenvalue weighted by Gasteiger charge is 2.71. The summed E-state index contributed by atoms with van der Waals surface area (Å²) in [5.74, 6) is 1.02. The van der Waals surface area contributed by atoms with E-state index in [-0.39, 0.29) is 34.6 Å². The molecular weight excluding hydrogens is 328 g/mol. The molecule has 0 aromatic heterocycles. The third-order valence-corrected chi connectivity index (χ3v) is 9.21. The monoisotopic (exact) mass is 362 g/mol. The van der Waals surface area contributed by atoms with Crippen LogP contribution in [-0.4, -0.2) is 29.6 Å². The van der Waals surface area contributed by atoms with Crippen molar-refractivity contribution in [1.82, 2.24) is 0 Å². The summed E-state index contributed by atoms with van der Waals surface area (Å²) in [4.78, 5) is 24.7. The van der Waals surface area contributed by atoms with E-state index in [0.717, 1.165) is 44.9 Å². The maximum Gasteiger partial charge on any atom is 0.302 e. The topological polar surface area (TPSA) is 63.6 Å². The zero-order valence-electron chi connectivity index (χ0n) is 16.7. The number of carbonyl (C=O) groups is 2. The fraction of sp³-hybridized carbons (Fsp3) is 0.909. The summed E-state index contributed by atoms with van der Waals surface area (Å²) in [6.45, 7) is 8.65. The van der Waals surface area contributed by atoms with E-state index >= 15 is 0 Å². The molecule has 146 valence electrons. The number of rotatable bonds is 2. The van der Waals surface area contributed by atoms with Gasteiger partial charge in [0.1, 0.15) is 5.78 Å². The summed E-state index contributed by atoms with van der Waals surface area (Å²) < 4.78 is 5.48. The van der Waals surface area contributed by atoms with Gasteiger partial charge in [0, 0.05) is 18.3 Å². The highest BCUT2D eigenvalue weighted by molar-refractivity contribution is 5.91. The second-order valence-electron chi connectivity index (χ2n) is 10.3. The molecule has 0 aliphatic heterocycles. The Labute approximate surface area is 157 Å². The molecule has 2 unspecified atom stereocenters. The quantitative estimate of drug-likeness (QED) is 0.760. The minimum atomic E-state index is -0.507. The predicted octanol–water partition coefficient (Wildman–Crippen LogP) is 3.75. The lowest BCUT2D eigenvalue weighted by atomic mass is 9.40. The van der Waals surface area contributed by atoms with Gasteiger partial charge in [0.05, 0.1) is 18.1 Å². The van der Waals surface area contributed by atoms with Crippen molar-refractivity contribution in [3.63, 3.8) is 0 Å². The number of esters is 1. The Morgan fingerprint density at radius 1 is 1.15 bits per heavy atom. The average Bonchev–Trinajstić information content (AvgIpc) is 2.69. The van der Waals surface area contributed by atoms with Crippen molar-refractivity contribution in [2.24, 2.45) is 39.9 Å². The largest absolute Gasteiger partial charge is 0.465 e. The molecule has 0 radical (unpaired) electrons. The number of Topliss-reactive ketones (excluding diaryl/α,β-unsaturated/α-hetero) is 1. The van der Waals surface area contributed by atoms with Gasteiger partial charge in [0.25, 0.3) is 0 Å². The van der Waals surface area contributed by atoms with Gasteiger partial charge in [0.2, 0.25) is 0 Å². The number of ether oxygens (including phenoxy) is 1. The SMILES string of the molecule is CC(=O)OC[C@@]1(C)CCC[C@]2(C)C1CC[C@]13C(=O)[C@H](C)[C@H](CCC21)[C@H]3O. The first-order chi connectivity index (χ1) is 12.2. The first-order valence-electron chi connectivity index (χ1n) is 10.5. The van der Waals surface area contributed by atoms with E-state index < -0.39 is 11.5 Å². The van der Waals surface area contributed by atoms with E-state index in [2.05, 4.69) is 13.8 Å². The molecule has 4 heteroatoms. The number of fused-ring (bicyclic) bond motifs is 3. The second-order valence-corrected chi connectivity index (χ2v) is 10.3. The van der Waals surface area contributed by atoms with Gasteiger partial charge < -0.3 is 9.84 Å². The van der Waals surface area contributed by atoms with Crippen molar-refractivity contribution < 1.29 is 19.4 Å². The van der Waals surface area contributed by atoms with Crippen LogP contribution in [0.3, 0.4) is 0 Å². The fourth-order valence-electron chi connectivity index (χ4n) is 8.12. The Hall–Kier alpha value is -0.900. The predicted molar refractivity (Wildman–Crippen MR) is 98.2 cm³/mol. The third kappa shape index (κ3) is 2.17. The smallest absolute Gasteiger partial charge is 0.302 e. The lowest BCUT2D eigenvalue weighted by molar-refractivity contribution is -0.196. The maximum atomic E-state index is 13.3. The number of ketones is 1. The van der Waals surface area contributed by atoms with Crippen LogP contribution < -0.4 is 0 Å². The Bertz CT molecular complexity index is 630. The van der Waals surface area contributed by atoms with Gasteiger partial charge in [-0.15, -0.1) is 0 Å². The van der Waals surface area contributed by atoms with E-state index in [9.17, 15) is 14.7 Å². The molecule has 26 heavy (non-hydrogen) atoms. The van der Waals surface area contributed by atoms with E-state index in [1.54, 1.807) is 0 Å². The Morgan fingerprint density at radius 2 is 1.88 bits per heavy atom. The van der Waals surface area contributed by atoms with Crippen LogP contribution in [-0.2, 0) is 14.3 Å². The first-order valence-corrected chi connectivity index (χ1v) is 10.5. The highest BCUT2D eigenvalue weighted by atomic mass is 16.5. The number of carbonyl (C=O) groups excluding carboxylic acids is 2. The van der Waals surface area contributed by atoms with Gasteiger partial charge >= 0.3 is 5.97 Å². The molecule has 0 aromatic rings. The van der Waals surface area contributed by atoms with E-state index in [1.807, 2.05) is 6.92 Å². The van der Waals surface area contributed by atoms with E-state index in [0.29, 0.717) is 18.3 Å². The van der Waals surface area contributed by atoms with Gasteiger partial charge in [-0.05, 0) is 61.7 Å². The highest BCUT2D eigenvalue weighted by Crippen LogP contribution is 2.71. The second kappa shape index (κ2) is 5.80. The van der Waals surface area contributed by atoms with Crippen LogP contribution in [0.5, 0.6) is 0 Å². The molecule has 1 N–H and O–H groups in total. The van der Waals surface area contributed by atoms with Crippen LogP contribution in [0.25, 0.3) is 0 Å². The molecule has 4 aliphatic rings. The number of aliphatic hydroxyl groups is 1. The molecular formula is C22H34O4. The molecule has 4 rings (SSSR count). The summed E-state index contributed by atoms with van der Waals surface area (Å²) in [5, 5.41) is 11.2. The minimum Gasteiger partial charge on any atom is -0.465 e. The van der Waals surface area contributed by atoms with Crippen LogP contribution in [0.4, 0.5) is 0 Å². The van der Waals surface area contributed by atoms with Crippen LogP contribution in [0, 0.1) is 39.9 Å². The Balaban J connectivity index is 1.71. The molecule has 0 amide bonds. The molecule has 1 spiro atoms. The number of hydrogen-bond acceptors (Lipinski definition) is 4. The summed E-state index contributed by atoms with van der Waals surface area (Å²) >= 11 is 0. The van der Waals surface area contributed by atoms with Crippen LogP contribution in [0.15, 0.2) is 0 Å².